The Kier molecular flexibility index (Phi) is 2.59. The molecule has 0 amide bonds. The molecule has 1 aromatic heterocycles. The van der Waals surface area contributed by atoms with E-state index in [9.17, 15) is 0 Å². The van der Waals surface area contributed by atoms with Crippen molar-refractivity contribution in [1.29, 1.82) is 0 Å². The van der Waals surface area contributed by atoms with Gasteiger partial charge in [-0.2, -0.15) is 4.98 Å². The summed E-state index contributed by atoms with van der Waals surface area (Å²) >= 11 is 0. The van der Waals surface area contributed by atoms with E-state index in [4.69, 9.17) is 10.3 Å². The molecule has 11 heavy (non-hydrogen) atoms. The first-order chi connectivity index (χ1) is 5.25. The molecule has 1 rings (SSSR count). The Morgan fingerprint density at radius 1 is 1.73 bits per heavy atom. The zero-order valence-corrected chi connectivity index (χ0v) is 6.82. The largest absolute Gasteiger partial charge is 0.338 e. The predicted molar refractivity (Wildman–Crippen MR) is 40.7 cm³/mol. The number of nitrogens with zero attached hydrogens (tertiary/aromatic N) is 2. The van der Waals surface area contributed by atoms with Gasteiger partial charge in [0.1, 0.15) is 0 Å². The minimum Gasteiger partial charge on any atom is -0.338 e. The summed E-state index contributed by atoms with van der Waals surface area (Å²) in [6.07, 6.45) is 2.39. The summed E-state index contributed by atoms with van der Waals surface area (Å²) in [5, 5.41) is 3.49. The standard InChI is InChI=1S/C7H13N3O/c1-3-5(2)6(8)7-9-4-10-11-7/h4-6H,3,8H2,1-2H3/t5?,6-/m0/s1. The van der Waals surface area contributed by atoms with Crippen LogP contribution in [0.15, 0.2) is 10.9 Å². The van der Waals surface area contributed by atoms with Gasteiger partial charge in [-0.1, -0.05) is 25.4 Å². The minimum atomic E-state index is -0.123. The van der Waals surface area contributed by atoms with Crippen LogP contribution in [-0.2, 0) is 0 Å². The average molecular weight is 155 g/mol. The van der Waals surface area contributed by atoms with Gasteiger partial charge in [0, 0.05) is 0 Å². The molecule has 62 valence electrons. The van der Waals surface area contributed by atoms with Gasteiger partial charge in [-0.15, -0.1) is 0 Å². The summed E-state index contributed by atoms with van der Waals surface area (Å²) in [5.41, 5.74) is 5.80. The molecule has 0 spiro atoms. The maximum atomic E-state index is 5.80. The molecule has 1 aromatic rings. The molecule has 0 aromatic carbocycles. The maximum absolute atomic E-state index is 5.80. The fraction of sp³-hybridized carbons (Fsp3) is 0.714. The van der Waals surface area contributed by atoms with Gasteiger partial charge in [0.2, 0.25) is 5.89 Å². The lowest BCUT2D eigenvalue weighted by molar-refractivity contribution is 0.312. The number of hydrogen-bond donors (Lipinski definition) is 1. The quantitative estimate of drug-likeness (QED) is 0.710. The number of aromatic nitrogens is 2. The van der Waals surface area contributed by atoms with Gasteiger partial charge < -0.3 is 10.3 Å². The first-order valence-corrected chi connectivity index (χ1v) is 3.77. The van der Waals surface area contributed by atoms with Crippen LogP contribution in [0.1, 0.15) is 32.2 Å². The molecule has 4 nitrogen and oxygen atoms in total. The summed E-state index contributed by atoms with van der Waals surface area (Å²) in [4.78, 5) is 3.88. The van der Waals surface area contributed by atoms with Crippen LogP contribution in [0.4, 0.5) is 0 Å². The van der Waals surface area contributed by atoms with Gasteiger partial charge in [-0.05, 0) is 5.92 Å². The zero-order chi connectivity index (χ0) is 8.27. The predicted octanol–water partition coefficient (Wildman–Crippen LogP) is 1.12. The van der Waals surface area contributed by atoms with Crippen LogP contribution in [0.25, 0.3) is 0 Å². The van der Waals surface area contributed by atoms with Gasteiger partial charge >= 0.3 is 0 Å². The molecule has 4 heteroatoms. The van der Waals surface area contributed by atoms with Crippen LogP contribution < -0.4 is 5.73 Å². The van der Waals surface area contributed by atoms with Crippen LogP contribution in [0.3, 0.4) is 0 Å². The molecule has 1 heterocycles. The molecule has 0 fully saturated rings. The van der Waals surface area contributed by atoms with Crippen LogP contribution in [0, 0.1) is 5.92 Å². The van der Waals surface area contributed by atoms with Gasteiger partial charge in [-0.3, -0.25) is 0 Å². The van der Waals surface area contributed by atoms with Crippen molar-refractivity contribution in [2.75, 3.05) is 0 Å². The van der Waals surface area contributed by atoms with E-state index in [0.717, 1.165) is 6.42 Å². The van der Waals surface area contributed by atoms with Crippen LogP contribution in [-0.4, -0.2) is 10.1 Å². The fourth-order valence-electron chi connectivity index (χ4n) is 0.826. The van der Waals surface area contributed by atoms with Crippen molar-refractivity contribution in [2.24, 2.45) is 11.7 Å². The van der Waals surface area contributed by atoms with Crippen molar-refractivity contribution in [3.8, 4) is 0 Å². The number of rotatable bonds is 3. The Morgan fingerprint density at radius 2 is 2.45 bits per heavy atom. The van der Waals surface area contributed by atoms with Crippen LogP contribution in [0.5, 0.6) is 0 Å². The van der Waals surface area contributed by atoms with Gasteiger partial charge in [0.15, 0.2) is 6.33 Å². The third-order valence-corrected chi connectivity index (χ3v) is 1.92. The maximum Gasteiger partial charge on any atom is 0.243 e. The fourth-order valence-corrected chi connectivity index (χ4v) is 0.826. The second kappa shape index (κ2) is 3.48. The first-order valence-electron chi connectivity index (χ1n) is 3.77. The van der Waals surface area contributed by atoms with Crippen molar-refractivity contribution >= 4 is 0 Å². The summed E-state index contributed by atoms with van der Waals surface area (Å²) in [7, 11) is 0. The third kappa shape index (κ3) is 1.77. The summed E-state index contributed by atoms with van der Waals surface area (Å²) in [6.45, 7) is 4.15. The SMILES string of the molecule is CCC(C)[C@H](N)c1ncno1. The normalized spacial score (nSPS) is 16.3. The van der Waals surface area contributed by atoms with E-state index < -0.39 is 0 Å². The third-order valence-electron chi connectivity index (χ3n) is 1.92. The van der Waals surface area contributed by atoms with E-state index in [0.29, 0.717) is 11.8 Å². The van der Waals surface area contributed by atoms with Crippen molar-refractivity contribution in [1.82, 2.24) is 10.1 Å². The molecule has 0 saturated carbocycles. The van der Waals surface area contributed by atoms with Crippen molar-refractivity contribution in [3.63, 3.8) is 0 Å². The lowest BCUT2D eigenvalue weighted by atomic mass is 10.0. The average Bonchev–Trinajstić information content (AvgIpc) is 2.53. The van der Waals surface area contributed by atoms with Crippen molar-refractivity contribution < 1.29 is 4.52 Å². The molecule has 0 aliphatic rings. The minimum absolute atomic E-state index is 0.123. The smallest absolute Gasteiger partial charge is 0.243 e. The zero-order valence-electron chi connectivity index (χ0n) is 6.82. The number of hydrogen-bond acceptors (Lipinski definition) is 4. The molecular formula is C7H13N3O. The van der Waals surface area contributed by atoms with Gasteiger partial charge in [0.05, 0.1) is 6.04 Å². The van der Waals surface area contributed by atoms with E-state index >= 15 is 0 Å². The van der Waals surface area contributed by atoms with E-state index in [1.54, 1.807) is 0 Å². The first kappa shape index (κ1) is 8.20. The molecule has 2 N–H and O–H groups in total. The van der Waals surface area contributed by atoms with Gasteiger partial charge in [-0.25, -0.2) is 0 Å². The van der Waals surface area contributed by atoms with Crippen LogP contribution >= 0.6 is 0 Å². The highest BCUT2D eigenvalue weighted by molar-refractivity contribution is 4.87. The van der Waals surface area contributed by atoms with Crippen molar-refractivity contribution in [3.05, 3.63) is 12.2 Å². The Bertz CT molecular complexity index is 197. The molecule has 0 aliphatic heterocycles. The highest BCUT2D eigenvalue weighted by Gasteiger charge is 2.17. The summed E-state index contributed by atoms with van der Waals surface area (Å²) in [6, 6.07) is -0.123. The highest BCUT2D eigenvalue weighted by atomic mass is 16.5. The van der Waals surface area contributed by atoms with Crippen molar-refractivity contribution in [2.45, 2.75) is 26.3 Å². The Hall–Kier alpha value is -0.900. The van der Waals surface area contributed by atoms with E-state index in [2.05, 4.69) is 24.0 Å². The summed E-state index contributed by atoms with van der Waals surface area (Å²) in [5.74, 6) is 0.912. The molecular weight excluding hydrogens is 142 g/mol. The Morgan fingerprint density at radius 3 is 2.91 bits per heavy atom. The van der Waals surface area contributed by atoms with Gasteiger partial charge in [0.25, 0.3) is 0 Å². The van der Waals surface area contributed by atoms with E-state index in [1.807, 2.05) is 0 Å². The van der Waals surface area contributed by atoms with Crippen LogP contribution in [0.2, 0.25) is 0 Å². The monoisotopic (exact) mass is 155 g/mol. The van der Waals surface area contributed by atoms with E-state index in [1.165, 1.54) is 6.33 Å². The Balaban J connectivity index is 2.62. The topological polar surface area (TPSA) is 64.9 Å². The Labute approximate surface area is 65.8 Å². The number of nitrogens with two attached hydrogens (primary N) is 1. The van der Waals surface area contributed by atoms with E-state index in [-0.39, 0.29) is 6.04 Å². The lowest BCUT2D eigenvalue weighted by Crippen LogP contribution is -2.18. The molecule has 0 aliphatic carbocycles. The molecule has 0 saturated heterocycles. The second-order valence-corrected chi connectivity index (χ2v) is 2.69. The summed E-state index contributed by atoms with van der Waals surface area (Å²) < 4.78 is 4.83. The highest BCUT2D eigenvalue weighted by Crippen LogP contribution is 2.18. The molecule has 0 radical (unpaired) electrons. The molecule has 1 unspecified atom stereocenters. The second-order valence-electron chi connectivity index (χ2n) is 2.69. The molecule has 2 atom stereocenters. The lowest BCUT2D eigenvalue weighted by Gasteiger charge is -2.12. The molecule has 0 bridgehead atoms.